The summed E-state index contributed by atoms with van der Waals surface area (Å²) in [6, 6.07) is 7.96. The van der Waals surface area contributed by atoms with Crippen molar-refractivity contribution >= 4 is 44.9 Å². The number of carbonyl (C=O) groups excluding carboxylic acids is 2. The molecule has 1 heterocycles. The van der Waals surface area contributed by atoms with E-state index in [1.807, 2.05) is 4.90 Å². The van der Waals surface area contributed by atoms with Crippen LogP contribution in [0.5, 0.6) is 0 Å². The predicted molar refractivity (Wildman–Crippen MR) is 109 cm³/mol. The molecule has 0 bridgehead atoms. The molecule has 0 saturated carbocycles. The number of amides is 1. The molecule has 158 valence electrons. The minimum Gasteiger partial charge on any atom is -0.452 e. The monoisotopic (exact) mass is 481 g/mol. The molecule has 1 aliphatic heterocycles. The van der Waals surface area contributed by atoms with E-state index in [-0.39, 0.29) is 16.9 Å². The standard InChI is InChI=1S/C19H17BrFN3O6/c20-12-1-3-16(15(21)9-12)22-18(25)11-30-19(26)14-10-13(24(27)28)2-4-17(14)23-5-7-29-8-6-23/h1-4,9-10H,5-8,11H2,(H,22,25). The molecule has 0 atom stereocenters. The van der Waals surface area contributed by atoms with Crippen LogP contribution in [0.4, 0.5) is 21.5 Å². The average molecular weight is 482 g/mol. The topological polar surface area (TPSA) is 111 Å². The molecule has 1 fully saturated rings. The fourth-order valence-electron chi connectivity index (χ4n) is 2.87. The maximum Gasteiger partial charge on any atom is 0.341 e. The van der Waals surface area contributed by atoms with Crippen molar-refractivity contribution in [3.63, 3.8) is 0 Å². The van der Waals surface area contributed by atoms with Crippen LogP contribution >= 0.6 is 15.9 Å². The summed E-state index contributed by atoms with van der Waals surface area (Å²) >= 11 is 3.11. The highest BCUT2D eigenvalue weighted by molar-refractivity contribution is 9.10. The Morgan fingerprint density at radius 1 is 1.23 bits per heavy atom. The van der Waals surface area contributed by atoms with Gasteiger partial charge in [-0.3, -0.25) is 14.9 Å². The summed E-state index contributed by atoms with van der Waals surface area (Å²) < 4.78 is 24.6. The lowest BCUT2D eigenvalue weighted by atomic mass is 10.1. The predicted octanol–water partition coefficient (Wildman–Crippen LogP) is 3.13. The maximum atomic E-state index is 13.8. The lowest BCUT2D eigenvalue weighted by Gasteiger charge is -2.30. The van der Waals surface area contributed by atoms with Gasteiger partial charge in [-0.1, -0.05) is 15.9 Å². The third kappa shape index (κ3) is 5.30. The molecular formula is C19H17BrFN3O6. The molecule has 2 aromatic carbocycles. The quantitative estimate of drug-likeness (QED) is 0.383. The molecule has 0 aromatic heterocycles. The molecule has 0 aliphatic carbocycles. The van der Waals surface area contributed by atoms with Gasteiger partial charge < -0.3 is 19.7 Å². The van der Waals surface area contributed by atoms with Crippen LogP contribution in [0.1, 0.15) is 10.4 Å². The number of anilines is 2. The van der Waals surface area contributed by atoms with E-state index in [2.05, 4.69) is 21.2 Å². The van der Waals surface area contributed by atoms with Crippen molar-refractivity contribution in [2.75, 3.05) is 43.1 Å². The van der Waals surface area contributed by atoms with E-state index in [1.54, 1.807) is 6.07 Å². The third-order valence-electron chi connectivity index (χ3n) is 4.30. The van der Waals surface area contributed by atoms with Gasteiger partial charge in [-0.25, -0.2) is 9.18 Å². The first-order valence-electron chi connectivity index (χ1n) is 8.88. The molecule has 1 aliphatic rings. The lowest BCUT2D eigenvalue weighted by molar-refractivity contribution is -0.384. The van der Waals surface area contributed by atoms with Gasteiger partial charge in [0.2, 0.25) is 0 Å². The summed E-state index contributed by atoms with van der Waals surface area (Å²) in [5.41, 5.74) is 0.0749. The van der Waals surface area contributed by atoms with Crippen LogP contribution in [-0.4, -0.2) is 49.7 Å². The van der Waals surface area contributed by atoms with Crippen LogP contribution in [0, 0.1) is 15.9 Å². The number of non-ortho nitro benzene ring substituents is 1. The van der Waals surface area contributed by atoms with Crippen LogP contribution in [0.2, 0.25) is 0 Å². The molecule has 11 heteroatoms. The van der Waals surface area contributed by atoms with Crippen LogP contribution < -0.4 is 10.2 Å². The second-order valence-corrected chi connectivity index (χ2v) is 7.22. The summed E-state index contributed by atoms with van der Waals surface area (Å²) in [6.45, 7) is 1.22. The second kappa shape index (κ2) is 9.63. The number of nitrogens with one attached hydrogen (secondary N) is 1. The van der Waals surface area contributed by atoms with Crippen molar-refractivity contribution in [3.05, 3.63) is 62.4 Å². The smallest absolute Gasteiger partial charge is 0.341 e. The Labute approximate surface area is 179 Å². The van der Waals surface area contributed by atoms with E-state index >= 15 is 0 Å². The van der Waals surface area contributed by atoms with Crippen molar-refractivity contribution < 1.29 is 28.4 Å². The molecule has 0 unspecified atom stereocenters. The van der Waals surface area contributed by atoms with Crippen LogP contribution in [0.25, 0.3) is 0 Å². The molecule has 0 spiro atoms. The second-order valence-electron chi connectivity index (χ2n) is 6.31. The summed E-state index contributed by atoms with van der Waals surface area (Å²) in [5.74, 6) is -2.30. The normalized spacial score (nSPS) is 13.6. The van der Waals surface area contributed by atoms with Crippen molar-refractivity contribution in [3.8, 4) is 0 Å². The van der Waals surface area contributed by atoms with Gasteiger partial charge in [0.1, 0.15) is 5.82 Å². The maximum absolute atomic E-state index is 13.8. The number of rotatable bonds is 6. The molecule has 30 heavy (non-hydrogen) atoms. The SMILES string of the molecule is O=C(COC(=O)c1cc([N+](=O)[O-])ccc1N1CCOCC1)Nc1ccc(Br)cc1F. The number of hydrogen-bond acceptors (Lipinski definition) is 7. The Hall–Kier alpha value is -3.05. The zero-order chi connectivity index (χ0) is 21.7. The Bertz CT molecular complexity index is 981. The number of nitrogens with zero attached hydrogens (tertiary/aromatic N) is 2. The van der Waals surface area contributed by atoms with Crippen LogP contribution in [0.3, 0.4) is 0 Å². The van der Waals surface area contributed by atoms with Gasteiger partial charge in [-0.2, -0.15) is 0 Å². The van der Waals surface area contributed by atoms with Crippen molar-refractivity contribution in [1.29, 1.82) is 0 Å². The number of carbonyl (C=O) groups is 2. The molecule has 1 saturated heterocycles. The van der Waals surface area contributed by atoms with E-state index in [9.17, 15) is 24.1 Å². The number of nitro benzene ring substituents is 1. The van der Waals surface area contributed by atoms with E-state index < -0.39 is 29.2 Å². The van der Waals surface area contributed by atoms with Crippen LogP contribution in [0.15, 0.2) is 40.9 Å². The van der Waals surface area contributed by atoms with Gasteiger partial charge in [-0.15, -0.1) is 0 Å². The largest absolute Gasteiger partial charge is 0.452 e. The summed E-state index contributed by atoms with van der Waals surface area (Å²) in [5, 5.41) is 13.4. The molecule has 1 N–H and O–H groups in total. The highest BCUT2D eigenvalue weighted by atomic mass is 79.9. The fraction of sp³-hybridized carbons (Fsp3) is 0.263. The number of nitro groups is 1. The van der Waals surface area contributed by atoms with Gasteiger partial charge in [-0.05, 0) is 24.3 Å². The molecular weight excluding hydrogens is 465 g/mol. The highest BCUT2D eigenvalue weighted by Gasteiger charge is 2.23. The number of benzene rings is 2. The van der Waals surface area contributed by atoms with Gasteiger partial charge >= 0.3 is 5.97 Å². The average Bonchev–Trinajstić information content (AvgIpc) is 2.74. The first-order valence-corrected chi connectivity index (χ1v) is 9.67. The van der Waals surface area contributed by atoms with Gasteiger partial charge in [0.15, 0.2) is 6.61 Å². The summed E-state index contributed by atoms with van der Waals surface area (Å²) in [4.78, 5) is 37.0. The first kappa shape index (κ1) is 21.7. The zero-order valence-corrected chi connectivity index (χ0v) is 17.2. The van der Waals surface area contributed by atoms with Crippen molar-refractivity contribution in [2.24, 2.45) is 0 Å². The first-order chi connectivity index (χ1) is 14.3. The Morgan fingerprint density at radius 2 is 1.97 bits per heavy atom. The Morgan fingerprint density at radius 3 is 2.63 bits per heavy atom. The van der Waals surface area contributed by atoms with E-state index in [0.29, 0.717) is 36.5 Å². The summed E-state index contributed by atoms with van der Waals surface area (Å²) in [6.07, 6.45) is 0. The van der Waals surface area contributed by atoms with E-state index in [4.69, 9.17) is 9.47 Å². The number of esters is 1. The number of morpholine rings is 1. The molecule has 3 rings (SSSR count). The van der Waals surface area contributed by atoms with Gasteiger partial charge in [0, 0.05) is 29.7 Å². The molecule has 0 radical (unpaired) electrons. The minimum atomic E-state index is -0.897. The Kier molecular flexibility index (Phi) is 6.95. The molecule has 9 nitrogen and oxygen atoms in total. The molecule has 1 amide bonds. The number of ether oxygens (including phenoxy) is 2. The van der Waals surface area contributed by atoms with Crippen LogP contribution in [-0.2, 0) is 14.3 Å². The van der Waals surface area contributed by atoms with E-state index in [0.717, 1.165) is 6.07 Å². The Balaban J connectivity index is 1.72. The lowest BCUT2D eigenvalue weighted by Crippen LogP contribution is -2.37. The zero-order valence-electron chi connectivity index (χ0n) is 15.6. The minimum absolute atomic E-state index is 0.0336. The van der Waals surface area contributed by atoms with Crippen molar-refractivity contribution in [2.45, 2.75) is 0 Å². The van der Waals surface area contributed by atoms with Gasteiger partial charge in [0.25, 0.3) is 11.6 Å². The third-order valence-corrected chi connectivity index (χ3v) is 4.80. The van der Waals surface area contributed by atoms with E-state index in [1.165, 1.54) is 24.3 Å². The number of halogens is 2. The highest BCUT2D eigenvalue weighted by Crippen LogP contribution is 2.27. The fourth-order valence-corrected chi connectivity index (χ4v) is 3.20. The summed E-state index contributed by atoms with van der Waals surface area (Å²) in [7, 11) is 0. The molecule has 2 aromatic rings. The number of hydrogen-bond donors (Lipinski definition) is 1. The van der Waals surface area contributed by atoms with Crippen molar-refractivity contribution in [1.82, 2.24) is 0 Å². The van der Waals surface area contributed by atoms with Gasteiger partial charge in [0.05, 0.1) is 35.1 Å².